The molecule has 2 atom stereocenters. The maximum Gasteiger partial charge on any atom is 0.409 e. The van der Waals surface area contributed by atoms with Gasteiger partial charge in [0, 0.05) is 0 Å². The lowest BCUT2D eigenvalue weighted by Gasteiger charge is -2.26. The van der Waals surface area contributed by atoms with E-state index in [0.29, 0.717) is 5.56 Å². The number of rotatable bonds is 9. The summed E-state index contributed by atoms with van der Waals surface area (Å²) < 4.78 is 49.1. The van der Waals surface area contributed by atoms with Gasteiger partial charge in [-0.1, -0.05) is 44.2 Å². The van der Waals surface area contributed by atoms with Gasteiger partial charge in [0.15, 0.2) is 0 Å². The number of alkyl halides is 3. The minimum Gasteiger partial charge on any atom is -0.466 e. The molecule has 0 aliphatic carbocycles. The summed E-state index contributed by atoms with van der Waals surface area (Å²) in [6, 6.07) is 5.02. The van der Waals surface area contributed by atoms with Crippen molar-refractivity contribution in [1.82, 2.24) is 10.6 Å². The van der Waals surface area contributed by atoms with Crippen molar-refractivity contribution in [2.75, 3.05) is 6.61 Å². The Morgan fingerprint density at radius 2 is 1.66 bits per heavy atom. The second-order valence-electron chi connectivity index (χ2n) is 6.54. The van der Waals surface area contributed by atoms with Gasteiger partial charge in [-0.3, -0.25) is 9.59 Å². The molecule has 1 aromatic rings. The van der Waals surface area contributed by atoms with Crippen LogP contribution in [0.1, 0.15) is 32.8 Å². The van der Waals surface area contributed by atoms with Crippen LogP contribution in [-0.2, 0) is 25.7 Å². The van der Waals surface area contributed by atoms with Gasteiger partial charge in [-0.15, -0.1) is 0 Å². The van der Waals surface area contributed by atoms with Crippen molar-refractivity contribution >= 4 is 18.0 Å². The summed E-state index contributed by atoms with van der Waals surface area (Å²) in [5.41, 5.74) is 0.708. The van der Waals surface area contributed by atoms with Gasteiger partial charge < -0.3 is 20.1 Å². The zero-order valence-electron chi connectivity index (χ0n) is 16.4. The van der Waals surface area contributed by atoms with Crippen LogP contribution in [0.15, 0.2) is 30.3 Å². The molecular formula is C19H25F3N2O5. The van der Waals surface area contributed by atoms with E-state index < -0.39 is 48.6 Å². The molecule has 0 bridgehead atoms. The molecule has 0 radical (unpaired) electrons. The third kappa shape index (κ3) is 8.84. The Morgan fingerprint density at radius 1 is 1.03 bits per heavy atom. The van der Waals surface area contributed by atoms with E-state index in [4.69, 9.17) is 4.74 Å². The standard InChI is InChI=1S/C19H25F3N2O5/c1-4-28-15(25)10-14(19(20,21)22)23-17(26)16(12(2)3)24-18(27)29-11-13-8-6-5-7-9-13/h5-9,12,14,16H,4,10-11H2,1-3H3,(H,23,26)(H,24,27)/t14-,16-/m0/s1. The quantitative estimate of drug-likeness (QED) is 0.602. The number of alkyl carbamates (subject to hydrolysis) is 1. The first kappa shape index (κ1) is 24.3. The molecule has 2 amide bonds. The van der Waals surface area contributed by atoms with Crippen molar-refractivity contribution in [3.63, 3.8) is 0 Å². The predicted octanol–water partition coefficient (Wildman–Crippen LogP) is 2.94. The van der Waals surface area contributed by atoms with Crippen molar-refractivity contribution in [2.45, 2.75) is 52.1 Å². The van der Waals surface area contributed by atoms with Gasteiger partial charge in [-0.25, -0.2) is 4.79 Å². The fourth-order valence-electron chi connectivity index (χ4n) is 2.32. The summed E-state index contributed by atoms with van der Waals surface area (Å²) in [6.07, 6.45) is -6.87. The van der Waals surface area contributed by atoms with Crippen LogP contribution in [0.25, 0.3) is 0 Å². The fraction of sp³-hybridized carbons (Fsp3) is 0.526. The van der Waals surface area contributed by atoms with Crippen molar-refractivity contribution in [1.29, 1.82) is 0 Å². The molecule has 0 aromatic heterocycles. The minimum absolute atomic E-state index is 0.0624. The van der Waals surface area contributed by atoms with E-state index in [1.165, 1.54) is 6.92 Å². The van der Waals surface area contributed by atoms with E-state index in [0.717, 1.165) is 0 Å². The fourth-order valence-corrected chi connectivity index (χ4v) is 2.32. The number of hydrogen-bond donors (Lipinski definition) is 2. The van der Waals surface area contributed by atoms with E-state index >= 15 is 0 Å². The van der Waals surface area contributed by atoms with Crippen LogP contribution in [0.5, 0.6) is 0 Å². The Balaban J connectivity index is 2.73. The van der Waals surface area contributed by atoms with Crippen LogP contribution in [0.2, 0.25) is 0 Å². The summed E-state index contributed by atoms with van der Waals surface area (Å²) in [7, 11) is 0. The third-order valence-corrected chi connectivity index (χ3v) is 3.82. The van der Waals surface area contributed by atoms with Gasteiger partial charge in [0.25, 0.3) is 0 Å². The average molecular weight is 418 g/mol. The molecule has 0 unspecified atom stereocenters. The number of hydrogen-bond acceptors (Lipinski definition) is 5. The predicted molar refractivity (Wildman–Crippen MR) is 97.6 cm³/mol. The highest BCUT2D eigenvalue weighted by atomic mass is 19.4. The molecule has 7 nitrogen and oxygen atoms in total. The zero-order chi connectivity index (χ0) is 22.0. The number of esters is 1. The molecule has 0 spiro atoms. The summed E-state index contributed by atoms with van der Waals surface area (Å²) in [5.74, 6) is -2.70. The molecule has 0 aliphatic rings. The van der Waals surface area contributed by atoms with Crippen molar-refractivity contribution in [3.8, 4) is 0 Å². The molecule has 0 saturated carbocycles. The molecule has 10 heteroatoms. The molecule has 2 N–H and O–H groups in total. The number of ether oxygens (including phenoxy) is 2. The number of carbonyl (C=O) groups excluding carboxylic acids is 3. The summed E-state index contributed by atoms with van der Waals surface area (Å²) in [6.45, 7) is 4.41. The lowest BCUT2D eigenvalue weighted by molar-refractivity contribution is -0.172. The van der Waals surface area contributed by atoms with Crippen LogP contribution >= 0.6 is 0 Å². The van der Waals surface area contributed by atoms with Gasteiger partial charge in [-0.05, 0) is 18.4 Å². The Kier molecular flexibility index (Phi) is 9.43. The lowest BCUT2D eigenvalue weighted by atomic mass is 10.0. The van der Waals surface area contributed by atoms with E-state index in [9.17, 15) is 27.6 Å². The van der Waals surface area contributed by atoms with Gasteiger partial charge in [0.1, 0.15) is 18.7 Å². The highest BCUT2D eigenvalue weighted by Crippen LogP contribution is 2.23. The number of benzene rings is 1. The van der Waals surface area contributed by atoms with Crippen molar-refractivity contribution in [3.05, 3.63) is 35.9 Å². The molecule has 0 fully saturated rings. The second-order valence-corrected chi connectivity index (χ2v) is 6.54. The largest absolute Gasteiger partial charge is 0.466 e. The number of nitrogens with one attached hydrogen (secondary N) is 2. The number of halogens is 3. The van der Waals surface area contributed by atoms with E-state index in [2.05, 4.69) is 10.1 Å². The Labute approximate surface area is 166 Å². The number of amides is 2. The van der Waals surface area contributed by atoms with E-state index in [1.54, 1.807) is 49.5 Å². The maximum absolute atomic E-state index is 13.2. The van der Waals surface area contributed by atoms with Gasteiger partial charge in [0.2, 0.25) is 5.91 Å². The monoisotopic (exact) mass is 418 g/mol. The van der Waals surface area contributed by atoms with Crippen LogP contribution in [0.3, 0.4) is 0 Å². The van der Waals surface area contributed by atoms with Crippen molar-refractivity contribution < 1.29 is 37.0 Å². The first-order valence-corrected chi connectivity index (χ1v) is 9.04. The molecule has 0 aliphatic heterocycles. The van der Waals surface area contributed by atoms with Crippen LogP contribution in [0, 0.1) is 5.92 Å². The first-order chi connectivity index (χ1) is 13.5. The van der Waals surface area contributed by atoms with E-state index in [-0.39, 0.29) is 13.2 Å². The van der Waals surface area contributed by atoms with Gasteiger partial charge in [0.05, 0.1) is 13.0 Å². The number of carbonyl (C=O) groups is 3. The molecule has 0 saturated heterocycles. The lowest BCUT2D eigenvalue weighted by Crippen LogP contribution is -2.55. The van der Waals surface area contributed by atoms with Gasteiger partial charge >= 0.3 is 18.2 Å². The summed E-state index contributed by atoms with van der Waals surface area (Å²) in [4.78, 5) is 35.7. The third-order valence-electron chi connectivity index (χ3n) is 3.82. The Bertz CT molecular complexity index is 680. The van der Waals surface area contributed by atoms with Gasteiger partial charge in [-0.2, -0.15) is 13.2 Å². The smallest absolute Gasteiger partial charge is 0.409 e. The normalized spacial score (nSPS) is 13.3. The molecule has 29 heavy (non-hydrogen) atoms. The highest BCUT2D eigenvalue weighted by molar-refractivity contribution is 5.86. The zero-order valence-corrected chi connectivity index (χ0v) is 16.4. The minimum atomic E-state index is -4.86. The van der Waals surface area contributed by atoms with Crippen molar-refractivity contribution in [2.24, 2.45) is 5.92 Å². The second kappa shape index (κ2) is 11.3. The molecule has 1 aromatic carbocycles. The average Bonchev–Trinajstić information content (AvgIpc) is 2.63. The SMILES string of the molecule is CCOC(=O)C[C@H](NC(=O)[C@@H](NC(=O)OCc1ccccc1)C(C)C)C(F)(F)F. The summed E-state index contributed by atoms with van der Waals surface area (Å²) in [5, 5.41) is 4.04. The molecule has 162 valence electrons. The maximum atomic E-state index is 13.2. The van der Waals surface area contributed by atoms with Crippen LogP contribution in [0.4, 0.5) is 18.0 Å². The Hall–Kier alpha value is -2.78. The van der Waals surface area contributed by atoms with Crippen LogP contribution < -0.4 is 10.6 Å². The topological polar surface area (TPSA) is 93.7 Å². The Morgan fingerprint density at radius 3 is 2.17 bits per heavy atom. The molecular weight excluding hydrogens is 393 g/mol. The molecule has 0 heterocycles. The summed E-state index contributed by atoms with van der Waals surface area (Å²) >= 11 is 0. The van der Waals surface area contributed by atoms with Crippen LogP contribution in [-0.4, -0.2) is 42.8 Å². The molecule has 1 rings (SSSR count). The highest BCUT2D eigenvalue weighted by Gasteiger charge is 2.43. The van der Waals surface area contributed by atoms with E-state index in [1.807, 2.05) is 0 Å². The first-order valence-electron chi connectivity index (χ1n) is 9.04.